The summed E-state index contributed by atoms with van der Waals surface area (Å²) in [6.07, 6.45) is -0.292. The van der Waals surface area contributed by atoms with Crippen LogP contribution >= 0.6 is 11.6 Å². The molecular weight excluding hydrogens is 360 g/mol. The van der Waals surface area contributed by atoms with Gasteiger partial charge in [-0.05, 0) is 18.2 Å². The average Bonchev–Trinajstić information content (AvgIpc) is 2.60. The van der Waals surface area contributed by atoms with Gasteiger partial charge in [-0.15, -0.1) is 0 Å². The quantitative estimate of drug-likeness (QED) is 0.753. The second-order valence-corrected chi connectivity index (χ2v) is 6.24. The summed E-state index contributed by atoms with van der Waals surface area (Å²) >= 11 is 6.16. The highest BCUT2D eigenvalue weighted by Gasteiger charge is 2.33. The Hall–Kier alpha value is -2.93. The lowest BCUT2D eigenvalue weighted by atomic mass is 9.94. The molecule has 8 heteroatoms. The molecule has 2 aromatic rings. The summed E-state index contributed by atoms with van der Waals surface area (Å²) in [5.74, 6) is -2.40. The van der Waals surface area contributed by atoms with E-state index < -0.39 is 23.7 Å². The lowest BCUT2D eigenvalue weighted by molar-refractivity contribution is -0.136. The number of hydrogen-bond acceptors (Lipinski definition) is 4. The van der Waals surface area contributed by atoms with Crippen molar-refractivity contribution in [2.75, 3.05) is 13.1 Å². The number of carboxylic acids is 1. The Morgan fingerprint density at radius 2 is 1.73 bits per heavy atom. The van der Waals surface area contributed by atoms with E-state index in [9.17, 15) is 19.2 Å². The smallest absolute Gasteiger partial charge is 0.305 e. The second-order valence-electron chi connectivity index (χ2n) is 5.83. The molecule has 0 spiro atoms. The van der Waals surface area contributed by atoms with Crippen LogP contribution in [0.3, 0.4) is 0 Å². The standard InChI is InChI=1S/C18H15ClN2O5/c19-13-5-4-12-16-10(13)2-1-3-11(16)17(25)21(18(12)26)9-7-14(22)20-8-6-15(23)24/h1-5H,6-9H2,(H,20,22)(H,23,24). The highest BCUT2D eigenvalue weighted by atomic mass is 35.5. The van der Waals surface area contributed by atoms with Gasteiger partial charge in [0.1, 0.15) is 0 Å². The molecule has 2 aromatic carbocycles. The molecule has 134 valence electrons. The summed E-state index contributed by atoms with van der Waals surface area (Å²) < 4.78 is 0. The van der Waals surface area contributed by atoms with Crippen LogP contribution in [0.25, 0.3) is 10.8 Å². The first-order chi connectivity index (χ1) is 12.4. The summed E-state index contributed by atoms with van der Waals surface area (Å²) in [5.41, 5.74) is 0.733. The third-order valence-electron chi connectivity index (χ3n) is 4.16. The maximum Gasteiger partial charge on any atom is 0.305 e. The van der Waals surface area contributed by atoms with Crippen LogP contribution in [0.15, 0.2) is 30.3 Å². The van der Waals surface area contributed by atoms with Crippen molar-refractivity contribution < 1.29 is 24.3 Å². The molecule has 3 rings (SSSR count). The van der Waals surface area contributed by atoms with Crippen LogP contribution in [-0.4, -0.2) is 46.8 Å². The fourth-order valence-corrected chi connectivity index (χ4v) is 3.14. The van der Waals surface area contributed by atoms with Crippen molar-refractivity contribution in [3.05, 3.63) is 46.5 Å². The van der Waals surface area contributed by atoms with E-state index >= 15 is 0 Å². The minimum Gasteiger partial charge on any atom is -0.481 e. The Morgan fingerprint density at radius 1 is 1.04 bits per heavy atom. The van der Waals surface area contributed by atoms with E-state index in [-0.39, 0.29) is 25.9 Å². The Labute approximate surface area is 153 Å². The number of carboxylic acid groups (broad SMARTS) is 1. The van der Waals surface area contributed by atoms with Crippen LogP contribution < -0.4 is 5.32 Å². The van der Waals surface area contributed by atoms with Crippen LogP contribution in [0.2, 0.25) is 5.02 Å². The van der Waals surface area contributed by atoms with Crippen molar-refractivity contribution in [2.45, 2.75) is 12.8 Å². The van der Waals surface area contributed by atoms with Crippen molar-refractivity contribution in [3.8, 4) is 0 Å². The van der Waals surface area contributed by atoms with E-state index in [2.05, 4.69) is 5.32 Å². The van der Waals surface area contributed by atoms with Gasteiger partial charge in [0.2, 0.25) is 5.91 Å². The molecule has 2 N–H and O–H groups in total. The lowest BCUT2D eigenvalue weighted by Gasteiger charge is -2.27. The Morgan fingerprint density at radius 3 is 2.42 bits per heavy atom. The molecule has 26 heavy (non-hydrogen) atoms. The molecule has 0 aliphatic carbocycles. The number of amides is 3. The number of carbonyl (C=O) groups excluding carboxylic acids is 3. The summed E-state index contributed by atoms with van der Waals surface area (Å²) in [5, 5.41) is 12.6. The van der Waals surface area contributed by atoms with Crippen molar-refractivity contribution >= 4 is 46.1 Å². The Bertz CT molecular complexity index is 918. The Balaban J connectivity index is 1.78. The predicted molar refractivity (Wildman–Crippen MR) is 94.2 cm³/mol. The number of hydrogen-bond donors (Lipinski definition) is 2. The molecule has 0 unspecified atom stereocenters. The predicted octanol–water partition coefficient (Wildman–Crippen LogP) is 2.07. The van der Waals surface area contributed by atoms with Gasteiger partial charge in [-0.1, -0.05) is 23.7 Å². The number of rotatable bonds is 6. The molecule has 0 bridgehead atoms. The second kappa shape index (κ2) is 7.13. The van der Waals surface area contributed by atoms with Crippen LogP contribution in [0.1, 0.15) is 33.6 Å². The van der Waals surface area contributed by atoms with E-state index in [0.717, 1.165) is 4.90 Å². The summed E-state index contributed by atoms with van der Waals surface area (Å²) in [7, 11) is 0. The van der Waals surface area contributed by atoms with Gasteiger partial charge in [0.15, 0.2) is 0 Å². The topological polar surface area (TPSA) is 104 Å². The van der Waals surface area contributed by atoms with Gasteiger partial charge in [0.05, 0.1) is 6.42 Å². The molecule has 0 saturated carbocycles. The normalized spacial score (nSPS) is 13.2. The molecule has 7 nitrogen and oxygen atoms in total. The van der Waals surface area contributed by atoms with Gasteiger partial charge in [-0.2, -0.15) is 0 Å². The molecule has 1 heterocycles. The molecule has 1 aliphatic heterocycles. The third kappa shape index (κ3) is 3.25. The van der Waals surface area contributed by atoms with E-state index in [1.807, 2.05) is 0 Å². The minimum absolute atomic E-state index is 0.00327. The first kappa shape index (κ1) is 17.9. The van der Waals surface area contributed by atoms with E-state index in [4.69, 9.17) is 16.7 Å². The fraction of sp³-hybridized carbons (Fsp3) is 0.222. The average molecular weight is 375 g/mol. The van der Waals surface area contributed by atoms with E-state index in [1.165, 1.54) is 0 Å². The van der Waals surface area contributed by atoms with Crippen LogP contribution in [0.5, 0.6) is 0 Å². The number of benzene rings is 2. The molecular formula is C18H15ClN2O5. The minimum atomic E-state index is -1.02. The largest absolute Gasteiger partial charge is 0.481 e. The first-order valence-corrected chi connectivity index (χ1v) is 8.34. The van der Waals surface area contributed by atoms with E-state index in [1.54, 1.807) is 30.3 Å². The maximum absolute atomic E-state index is 12.7. The monoisotopic (exact) mass is 374 g/mol. The zero-order valence-electron chi connectivity index (χ0n) is 13.6. The lowest BCUT2D eigenvalue weighted by Crippen LogP contribution is -2.42. The SMILES string of the molecule is O=C(O)CCNC(=O)CCN1C(=O)c2cccc3c(Cl)ccc(c23)C1=O. The highest BCUT2D eigenvalue weighted by molar-refractivity contribution is 6.38. The highest BCUT2D eigenvalue weighted by Crippen LogP contribution is 2.34. The number of nitrogens with one attached hydrogen (secondary N) is 1. The zero-order valence-corrected chi connectivity index (χ0v) is 14.4. The maximum atomic E-state index is 12.7. The van der Waals surface area contributed by atoms with Gasteiger partial charge < -0.3 is 10.4 Å². The number of halogens is 1. The van der Waals surface area contributed by atoms with Gasteiger partial charge in [-0.25, -0.2) is 0 Å². The molecule has 0 fully saturated rings. The molecule has 0 radical (unpaired) electrons. The molecule has 3 amide bonds. The number of imide groups is 1. The van der Waals surface area contributed by atoms with Crippen LogP contribution in [-0.2, 0) is 9.59 Å². The zero-order chi connectivity index (χ0) is 18.8. The van der Waals surface area contributed by atoms with Crippen molar-refractivity contribution in [2.24, 2.45) is 0 Å². The fourth-order valence-electron chi connectivity index (χ4n) is 2.92. The van der Waals surface area contributed by atoms with E-state index in [0.29, 0.717) is 26.9 Å². The van der Waals surface area contributed by atoms with Gasteiger partial charge in [-0.3, -0.25) is 24.1 Å². The molecule has 1 aliphatic rings. The van der Waals surface area contributed by atoms with Crippen LogP contribution in [0.4, 0.5) is 0 Å². The Kier molecular flexibility index (Phi) is 4.90. The van der Waals surface area contributed by atoms with Crippen molar-refractivity contribution in [3.63, 3.8) is 0 Å². The number of aliphatic carboxylic acids is 1. The molecule has 0 saturated heterocycles. The molecule has 0 atom stereocenters. The van der Waals surface area contributed by atoms with Gasteiger partial charge in [0, 0.05) is 46.4 Å². The van der Waals surface area contributed by atoms with Crippen LogP contribution in [0, 0.1) is 0 Å². The summed E-state index contributed by atoms with van der Waals surface area (Å²) in [6, 6.07) is 8.24. The van der Waals surface area contributed by atoms with Gasteiger partial charge >= 0.3 is 5.97 Å². The van der Waals surface area contributed by atoms with Crippen molar-refractivity contribution in [1.29, 1.82) is 0 Å². The third-order valence-corrected chi connectivity index (χ3v) is 4.49. The number of nitrogens with zero attached hydrogens (tertiary/aromatic N) is 1. The summed E-state index contributed by atoms with van der Waals surface area (Å²) in [6.45, 7) is -0.0915. The first-order valence-electron chi connectivity index (χ1n) is 7.96. The molecule has 0 aromatic heterocycles. The summed E-state index contributed by atoms with van der Waals surface area (Å²) in [4.78, 5) is 48.7. The number of carbonyl (C=O) groups is 4. The van der Waals surface area contributed by atoms with Crippen molar-refractivity contribution in [1.82, 2.24) is 10.2 Å². The van der Waals surface area contributed by atoms with Gasteiger partial charge in [0.25, 0.3) is 11.8 Å².